The summed E-state index contributed by atoms with van der Waals surface area (Å²) in [6, 6.07) is 11.9. The molecule has 0 radical (unpaired) electrons. The second-order valence-electron chi connectivity index (χ2n) is 7.79. The highest BCUT2D eigenvalue weighted by molar-refractivity contribution is 7.89. The number of carbonyl (C=O) groups is 1. The lowest BCUT2D eigenvalue weighted by molar-refractivity contribution is -0.115. The Morgan fingerprint density at radius 1 is 1.13 bits per heavy atom. The van der Waals surface area contributed by atoms with Crippen molar-refractivity contribution in [1.82, 2.24) is 4.31 Å². The lowest BCUT2D eigenvalue weighted by atomic mass is 10.1. The molecule has 0 heterocycles. The second-order valence-corrected chi connectivity index (χ2v) is 10.2. The van der Waals surface area contributed by atoms with Gasteiger partial charge in [0.2, 0.25) is 15.9 Å². The number of benzene rings is 2. The summed E-state index contributed by atoms with van der Waals surface area (Å²) in [5.41, 5.74) is 2.34. The van der Waals surface area contributed by atoms with Crippen molar-refractivity contribution in [3.8, 4) is 0 Å². The van der Waals surface area contributed by atoms with Crippen LogP contribution in [0, 0.1) is 5.92 Å². The van der Waals surface area contributed by atoms with E-state index in [0.717, 1.165) is 11.3 Å². The molecule has 0 fully saturated rings. The highest BCUT2D eigenvalue weighted by atomic mass is 35.5. The van der Waals surface area contributed by atoms with E-state index < -0.39 is 10.0 Å². The van der Waals surface area contributed by atoms with E-state index in [4.69, 9.17) is 11.6 Å². The molecular weight excluding hydrogens is 422 g/mol. The quantitative estimate of drug-likeness (QED) is 0.604. The molecule has 1 amide bonds. The van der Waals surface area contributed by atoms with E-state index in [9.17, 15) is 13.2 Å². The van der Waals surface area contributed by atoms with Crippen LogP contribution in [-0.2, 0) is 21.4 Å². The highest BCUT2D eigenvalue weighted by Gasteiger charge is 2.27. The molecule has 2 rings (SSSR count). The topological polar surface area (TPSA) is 69.7 Å². The summed E-state index contributed by atoms with van der Waals surface area (Å²) in [7, 11) is 0.0515. The smallest absolute Gasteiger partial charge is 0.243 e. The summed E-state index contributed by atoms with van der Waals surface area (Å²) in [6.07, 6.45) is 0.368. The first-order chi connectivity index (χ1) is 14.0. The molecular formula is C22H30ClN3O3S. The van der Waals surface area contributed by atoms with E-state index >= 15 is 0 Å². The van der Waals surface area contributed by atoms with Gasteiger partial charge in [0, 0.05) is 50.0 Å². The zero-order valence-electron chi connectivity index (χ0n) is 18.1. The van der Waals surface area contributed by atoms with Gasteiger partial charge in [-0.15, -0.1) is 0 Å². The fourth-order valence-corrected chi connectivity index (χ4v) is 4.98. The second kappa shape index (κ2) is 10.3. The maximum absolute atomic E-state index is 13.4. The Morgan fingerprint density at radius 2 is 1.83 bits per heavy atom. The summed E-state index contributed by atoms with van der Waals surface area (Å²) in [5.74, 6) is 0.0360. The normalized spacial score (nSPS) is 11.7. The molecule has 0 spiro atoms. The van der Waals surface area contributed by atoms with Crippen molar-refractivity contribution in [2.45, 2.75) is 38.6 Å². The zero-order chi connectivity index (χ0) is 22.5. The van der Waals surface area contributed by atoms with Crippen LogP contribution in [0.5, 0.6) is 0 Å². The number of nitrogens with one attached hydrogen (secondary N) is 1. The van der Waals surface area contributed by atoms with Crippen molar-refractivity contribution in [2.24, 2.45) is 5.92 Å². The number of anilines is 2. The van der Waals surface area contributed by atoms with Gasteiger partial charge in [0.25, 0.3) is 0 Å². The van der Waals surface area contributed by atoms with E-state index in [1.165, 1.54) is 10.4 Å². The molecule has 6 nitrogen and oxygen atoms in total. The zero-order valence-corrected chi connectivity index (χ0v) is 19.7. The molecule has 0 aromatic heterocycles. The first-order valence-electron chi connectivity index (χ1n) is 9.90. The molecule has 30 heavy (non-hydrogen) atoms. The van der Waals surface area contributed by atoms with E-state index in [2.05, 4.69) is 5.32 Å². The number of rotatable bonds is 9. The molecule has 0 bridgehead atoms. The predicted octanol–water partition coefficient (Wildman–Crippen LogP) is 4.60. The van der Waals surface area contributed by atoms with E-state index in [0.29, 0.717) is 23.7 Å². The third kappa shape index (κ3) is 6.20. The average molecular weight is 452 g/mol. The van der Waals surface area contributed by atoms with Crippen LogP contribution >= 0.6 is 11.6 Å². The molecule has 0 unspecified atom stereocenters. The van der Waals surface area contributed by atoms with Crippen LogP contribution in [0.1, 0.15) is 32.8 Å². The number of hydrogen-bond donors (Lipinski definition) is 1. The van der Waals surface area contributed by atoms with Gasteiger partial charge >= 0.3 is 0 Å². The third-order valence-electron chi connectivity index (χ3n) is 4.52. The Morgan fingerprint density at radius 3 is 2.40 bits per heavy atom. The van der Waals surface area contributed by atoms with E-state index in [1.807, 2.05) is 51.0 Å². The van der Waals surface area contributed by atoms with Crippen molar-refractivity contribution in [3.63, 3.8) is 0 Å². The van der Waals surface area contributed by atoms with Crippen LogP contribution in [0.2, 0.25) is 5.02 Å². The molecule has 8 heteroatoms. The minimum absolute atomic E-state index is 0.0934. The first kappa shape index (κ1) is 24.2. The van der Waals surface area contributed by atoms with E-state index in [-0.39, 0.29) is 23.3 Å². The van der Waals surface area contributed by atoms with Crippen LogP contribution in [0.25, 0.3) is 0 Å². The van der Waals surface area contributed by atoms with Gasteiger partial charge in [-0.25, -0.2) is 8.42 Å². The molecule has 0 saturated heterocycles. The summed E-state index contributed by atoms with van der Waals surface area (Å²) >= 11 is 6.04. The lowest BCUT2D eigenvalue weighted by Crippen LogP contribution is -2.34. The van der Waals surface area contributed by atoms with Crippen LogP contribution in [0.4, 0.5) is 11.4 Å². The number of hydrogen-bond acceptors (Lipinski definition) is 4. The molecule has 2 aromatic rings. The fourth-order valence-electron chi connectivity index (χ4n) is 3.10. The van der Waals surface area contributed by atoms with Crippen LogP contribution in [0.15, 0.2) is 47.4 Å². The van der Waals surface area contributed by atoms with Crippen molar-refractivity contribution in [3.05, 3.63) is 53.1 Å². The van der Waals surface area contributed by atoms with Gasteiger partial charge in [-0.3, -0.25) is 4.79 Å². The van der Waals surface area contributed by atoms with Crippen molar-refractivity contribution >= 4 is 38.9 Å². The first-order valence-corrected chi connectivity index (χ1v) is 11.7. The van der Waals surface area contributed by atoms with Crippen LogP contribution < -0.4 is 10.2 Å². The van der Waals surface area contributed by atoms with Crippen LogP contribution in [0.3, 0.4) is 0 Å². The predicted molar refractivity (Wildman–Crippen MR) is 124 cm³/mol. The monoisotopic (exact) mass is 451 g/mol. The lowest BCUT2D eigenvalue weighted by Gasteiger charge is -2.27. The van der Waals surface area contributed by atoms with Gasteiger partial charge in [-0.1, -0.05) is 38.4 Å². The third-order valence-corrected chi connectivity index (χ3v) is 6.56. The summed E-state index contributed by atoms with van der Waals surface area (Å²) in [5, 5.41) is 3.22. The Balaban J connectivity index is 2.49. The molecule has 0 aliphatic rings. The average Bonchev–Trinajstić information content (AvgIpc) is 2.67. The van der Waals surface area contributed by atoms with Crippen LogP contribution in [-0.4, -0.2) is 39.3 Å². The maximum atomic E-state index is 13.4. The summed E-state index contributed by atoms with van der Waals surface area (Å²) in [4.78, 5) is 13.9. The van der Waals surface area contributed by atoms with Crippen molar-refractivity contribution in [2.75, 3.05) is 30.9 Å². The minimum Gasteiger partial charge on any atom is -0.377 e. The van der Waals surface area contributed by atoms with Gasteiger partial charge in [0.1, 0.15) is 0 Å². The Labute approximate surface area is 184 Å². The number of halogens is 1. The molecule has 0 aliphatic carbocycles. The molecule has 164 valence electrons. The number of sulfonamides is 1. The Bertz CT molecular complexity index is 991. The van der Waals surface area contributed by atoms with Gasteiger partial charge in [-0.05, 0) is 47.9 Å². The van der Waals surface area contributed by atoms with Gasteiger partial charge in [-0.2, -0.15) is 4.31 Å². The Hall–Kier alpha value is -2.09. The molecule has 0 atom stereocenters. The van der Waals surface area contributed by atoms with Crippen molar-refractivity contribution in [1.29, 1.82) is 0 Å². The summed E-state index contributed by atoms with van der Waals surface area (Å²) < 4.78 is 28.3. The molecule has 2 aromatic carbocycles. The summed E-state index contributed by atoms with van der Waals surface area (Å²) in [6.45, 7) is 6.27. The molecule has 0 aliphatic heterocycles. The Kier molecular flexibility index (Phi) is 8.29. The van der Waals surface area contributed by atoms with Gasteiger partial charge < -0.3 is 10.2 Å². The number of carbonyl (C=O) groups excluding carboxylic acids is 1. The maximum Gasteiger partial charge on any atom is 0.243 e. The van der Waals surface area contributed by atoms with Gasteiger partial charge in [0.15, 0.2) is 0 Å². The highest BCUT2D eigenvalue weighted by Crippen LogP contribution is 2.28. The largest absolute Gasteiger partial charge is 0.377 e. The van der Waals surface area contributed by atoms with Gasteiger partial charge in [0.05, 0.1) is 4.90 Å². The molecule has 1 N–H and O–H groups in total. The standard InChI is InChI=1S/C22H30ClN3O3S/c1-6-22(27)24-19-10-11-21(25(4)5)17(12-19)15-26(14-16(2)3)30(28,29)20-9-7-8-18(23)13-20/h7-13,16H,6,14-15H2,1-5H3,(H,24,27). The number of nitrogens with zero attached hydrogens (tertiary/aromatic N) is 2. The van der Waals surface area contributed by atoms with E-state index in [1.54, 1.807) is 25.1 Å². The van der Waals surface area contributed by atoms with Crippen molar-refractivity contribution < 1.29 is 13.2 Å². The SMILES string of the molecule is CCC(=O)Nc1ccc(N(C)C)c(CN(CC(C)C)S(=O)(=O)c2cccc(Cl)c2)c1. The minimum atomic E-state index is -3.76. The number of amides is 1. The fraction of sp³-hybridized carbons (Fsp3) is 0.409. The molecule has 0 saturated carbocycles.